The van der Waals surface area contributed by atoms with Crippen molar-refractivity contribution in [1.29, 1.82) is 0 Å². The lowest BCUT2D eigenvalue weighted by molar-refractivity contribution is 0.456. The van der Waals surface area contributed by atoms with Gasteiger partial charge in [0.1, 0.15) is 0 Å². The summed E-state index contributed by atoms with van der Waals surface area (Å²) < 4.78 is 0. The standard InChI is InChI=1S/C20H21NO/c1-2-16-10-11-18(20(21-15-22)12-6-7-13-20)14-19(16)17-8-4-3-5-9-17/h3-5,8-11,14H,2,6-7,12-13H2,1H3. The first-order valence-electron chi connectivity index (χ1n) is 8.07. The molecule has 22 heavy (non-hydrogen) atoms. The zero-order chi connectivity index (χ0) is 15.4. The van der Waals surface area contributed by atoms with Crippen molar-refractivity contribution >= 4 is 6.08 Å². The van der Waals surface area contributed by atoms with Gasteiger partial charge in [0.05, 0.1) is 5.54 Å². The predicted octanol–water partition coefficient (Wildman–Crippen LogP) is 5.02. The van der Waals surface area contributed by atoms with Crippen LogP contribution in [0.25, 0.3) is 11.1 Å². The molecule has 1 aliphatic rings. The van der Waals surface area contributed by atoms with Crippen LogP contribution in [-0.4, -0.2) is 6.08 Å². The van der Waals surface area contributed by atoms with E-state index in [1.807, 2.05) is 12.1 Å². The van der Waals surface area contributed by atoms with Gasteiger partial charge in [0, 0.05) is 0 Å². The number of isocyanates is 1. The van der Waals surface area contributed by atoms with Crippen molar-refractivity contribution in [3.63, 3.8) is 0 Å². The number of aryl methyl sites for hydroxylation is 1. The van der Waals surface area contributed by atoms with E-state index in [2.05, 4.69) is 54.4 Å². The van der Waals surface area contributed by atoms with Crippen molar-refractivity contribution in [2.75, 3.05) is 0 Å². The molecule has 0 atom stereocenters. The van der Waals surface area contributed by atoms with Crippen LogP contribution in [0.1, 0.15) is 43.7 Å². The van der Waals surface area contributed by atoms with Gasteiger partial charge in [-0.3, -0.25) is 0 Å². The first kappa shape index (κ1) is 14.7. The van der Waals surface area contributed by atoms with Gasteiger partial charge in [-0.1, -0.05) is 62.2 Å². The minimum absolute atomic E-state index is 0.350. The number of hydrogen-bond acceptors (Lipinski definition) is 2. The molecule has 0 bridgehead atoms. The zero-order valence-corrected chi connectivity index (χ0v) is 13.0. The van der Waals surface area contributed by atoms with Gasteiger partial charge >= 0.3 is 0 Å². The molecule has 0 aromatic heterocycles. The Hall–Kier alpha value is -2.18. The summed E-state index contributed by atoms with van der Waals surface area (Å²) in [5.41, 5.74) is 4.62. The summed E-state index contributed by atoms with van der Waals surface area (Å²) in [6.45, 7) is 2.18. The van der Waals surface area contributed by atoms with Gasteiger partial charge in [-0.15, -0.1) is 0 Å². The molecule has 0 aliphatic heterocycles. The van der Waals surface area contributed by atoms with E-state index in [1.54, 1.807) is 0 Å². The summed E-state index contributed by atoms with van der Waals surface area (Å²) in [6, 6.07) is 17.0. The molecule has 0 saturated heterocycles. The molecular weight excluding hydrogens is 270 g/mol. The SMILES string of the molecule is CCc1ccc(C2(N=C=O)CCCC2)cc1-c1ccccc1. The Kier molecular flexibility index (Phi) is 4.22. The first-order valence-corrected chi connectivity index (χ1v) is 8.07. The molecule has 2 nitrogen and oxygen atoms in total. The molecular formula is C20H21NO. The highest BCUT2D eigenvalue weighted by atomic mass is 16.1. The number of nitrogens with zero attached hydrogens (tertiary/aromatic N) is 1. The Morgan fingerprint density at radius 3 is 2.45 bits per heavy atom. The van der Waals surface area contributed by atoms with Crippen molar-refractivity contribution in [2.45, 2.75) is 44.6 Å². The van der Waals surface area contributed by atoms with Crippen LogP contribution in [0.5, 0.6) is 0 Å². The van der Waals surface area contributed by atoms with Gasteiger partial charge < -0.3 is 0 Å². The Labute approximate surface area is 131 Å². The van der Waals surface area contributed by atoms with E-state index in [4.69, 9.17) is 0 Å². The first-order chi connectivity index (χ1) is 10.8. The topological polar surface area (TPSA) is 29.4 Å². The lowest BCUT2D eigenvalue weighted by Gasteiger charge is -2.24. The third-order valence-corrected chi connectivity index (χ3v) is 4.80. The maximum absolute atomic E-state index is 10.9. The van der Waals surface area contributed by atoms with E-state index < -0.39 is 0 Å². The number of rotatable bonds is 4. The second-order valence-electron chi connectivity index (χ2n) is 6.03. The van der Waals surface area contributed by atoms with Gasteiger partial charge in [0.2, 0.25) is 6.08 Å². The molecule has 2 aromatic carbocycles. The van der Waals surface area contributed by atoms with Crippen molar-refractivity contribution in [3.8, 4) is 11.1 Å². The van der Waals surface area contributed by atoms with Crippen LogP contribution < -0.4 is 0 Å². The average Bonchev–Trinajstić information content (AvgIpc) is 3.05. The molecule has 2 heteroatoms. The fourth-order valence-electron chi connectivity index (χ4n) is 3.57. The summed E-state index contributed by atoms with van der Waals surface area (Å²) in [7, 11) is 0. The van der Waals surface area contributed by atoms with E-state index in [-0.39, 0.29) is 5.54 Å². The maximum atomic E-state index is 10.9. The Morgan fingerprint density at radius 1 is 1.09 bits per heavy atom. The van der Waals surface area contributed by atoms with Crippen LogP contribution in [0.4, 0.5) is 0 Å². The van der Waals surface area contributed by atoms with E-state index in [0.29, 0.717) is 0 Å². The smallest absolute Gasteiger partial charge is 0.211 e. The van der Waals surface area contributed by atoms with Crippen molar-refractivity contribution < 1.29 is 4.79 Å². The van der Waals surface area contributed by atoms with Crippen LogP contribution in [-0.2, 0) is 16.8 Å². The lowest BCUT2D eigenvalue weighted by atomic mass is 9.85. The molecule has 1 fully saturated rings. The second-order valence-corrected chi connectivity index (χ2v) is 6.03. The Bertz CT molecular complexity index is 693. The lowest BCUT2D eigenvalue weighted by Crippen LogP contribution is -2.19. The summed E-state index contributed by atoms with van der Waals surface area (Å²) in [5, 5.41) is 0. The highest BCUT2D eigenvalue weighted by Crippen LogP contribution is 2.43. The van der Waals surface area contributed by atoms with Gasteiger partial charge in [-0.05, 0) is 47.6 Å². The van der Waals surface area contributed by atoms with Crippen LogP contribution in [0.15, 0.2) is 53.5 Å². The van der Waals surface area contributed by atoms with Gasteiger partial charge in [0.25, 0.3) is 0 Å². The summed E-state index contributed by atoms with van der Waals surface area (Å²) in [5.74, 6) is 0. The van der Waals surface area contributed by atoms with Crippen LogP contribution >= 0.6 is 0 Å². The predicted molar refractivity (Wildman–Crippen MR) is 89.5 cm³/mol. The number of carbonyl (C=O) groups excluding carboxylic acids is 1. The largest absolute Gasteiger partial charge is 0.235 e. The van der Waals surface area contributed by atoms with Gasteiger partial charge in [-0.25, -0.2) is 4.79 Å². The molecule has 3 rings (SSSR count). The van der Waals surface area contributed by atoms with Crippen LogP contribution in [0, 0.1) is 0 Å². The summed E-state index contributed by atoms with van der Waals surface area (Å²) in [4.78, 5) is 15.1. The minimum Gasteiger partial charge on any atom is -0.211 e. The van der Waals surface area contributed by atoms with Crippen molar-refractivity contribution in [3.05, 3.63) is 59.7 Å². The third-order valence-electron chi connectivity index (χ3n) is 4.80. The van der Waals surface area contributed by atoms with Gasteiger partial charge in [0.15, 0.2) is 0 Å². The fraction of sp³-hybridized carbons (Fsp3) is 0.350. The van der Waals surface area contributed by atoms with Crippen LogP contribution in [0.2, 0.25) is 0 Å². The molecule has 0 heterocycles. The molecule has 0 unspecified atom stereocenters. The zero-order valence-electron chi connectivity index (χ0n) is 13.0. The summed E-state index contributed by atoms with van der Waals surface area (Å²) in [6.07, 6.45) is 6.95. The van der Waals surface area contributed by atoms with E-state index in [9.17, 15) is 4.79 Å². The monoisotopic (exact) mass is 291 g/mol. The molecule has 0 N–H and O–H groups in total. The average molecular weight is 291 g/mol. The molecule has 112 valence electrons. The fourth-order valence-corrected chi connectivity index (χ4v) is 3.57. The normalized spacial score (nSPS) is 16.2. The molecule has 0 amide bonds. The number of aliphatic imine (C=N–C) groups is 1. The Balaban J connectivity index is 2.13. The molecule has 1 saturated carbocycles. The highest BCUT2D eigenvalue weighted by Gasteiger charge is 2.35. The number of benzene rings is 2. The molecule has 0 radical (unpaired) electrons. The van der Waals surface area contributed by atoms with E-state index >= 15 is 0 Å². The van der Waals surface area contributed by atoms with Crippen molar-refractivity contribution in [2.24, 2.45) is 4.99 Å². The minimum atomic E-state index is -0.350. The third kappa shape index (κ3) is 2.63. The molecule has 2 aromatic rings. The van der Waals surface area contributed by atoms with Gasteiger partial charge in [-0.2, -0.15) is 4.99 Å². The maximum Gasteiger partial charge on any atom is 0.235 e. The van der Waals surface area contributed by atoms with E-state index in [1.165, 1.54) is 16.7 Å². The van der Waals surface area contributed by atoms with E-state index in [0.717, 1.165) is 37.7 Å². The summed E-state index contributed by atoms with van der Waals surface area (Å²) >= 11 is 0. The number of hydrogen-bond donors (Lipinski definition) is 0. The Morgan fingerprint density at radius 2 is 1.82 bits per heavy atom. The highest BCUT2D eigenvalue weighted by molar-refractivity contribution is 5.68. The second kappa shape index (κ2) is 6.29. The molecule has 0 spiro atoms. The molecule has 1 aliphatic carbocycles. The van der Waals surface area contributed by atoms with Crippen LogP contribution in [0.3, 0.4) is 0 Å². The van der Waals surface area contributed by atoms with Crippen molar-refractivity contribution in [1.82, 2.24) is 0 Å². The quantitative estimate of drug-likeness (QED) is 0.574.